The largest absolute Gasteiger partial charge is 0.444 e. The zero-order valence-electron chi connectivity index (χ0n) is 11.2. The quantitative estimate of drug-likeness (QED) is 0.698. The van der Waals surface area contributed by atoms with E-state index in [1.165, 1.54) is 0 Å². The molecule has 0 unspecified atom stereocenters. The first-order valence-electron chi connectivity index (χ1n) is 6.30. The van der Waals surface area contributed by atoms with Crippen LogP contribution in [0.1, 0.15) is 53.4 Å². The van der Waals surface area contributed by atoms with E-state index >= 15 is 0 Å². The van der Waals surface area contributed by atoms with Gasteiger partial charge in [-0.2, -0.15) is 0 Å². The lowest BCUT2D eigenvalue weighted by Gasteiger charge is -2.40. The molecule has 1 aliphatic rings. The summed E-state index contributed by atoms with van der Waals surface area (Å²) in [5.74, 6) is 0. The fourth-order valence-corrected chi connectivity index (χ4v) is 2.27. The fraction of sp³-hybridized carbons (Fsp3) is 0.846. The lowest BCUT2D eigenvalue weighted by molar-refractivity contribution is -0.109. The molecule has 0 aromatic rings. The number of carbonyl (C=O) groups is 2. The van der Waals surface area contributed by atoms with Crippen molar-refractivity contribution in [2.45, 2.75) is 71.1 Å². The Morgan fingerprint density at radius 2 is 2.06 bits per heavy atom. The molecule has 0 saturated carbocycles. The van der Waals surface area contributed by atoms with Crippen molar-refractivity contribution in [1.29, 1.82) is 0 Å². The number of hydrogen-bond acceptors (Lipinski definition) is 3. The van der Waals surface area contributed by atoms with Gasteiger partial charge in [-0.1, -0.05) is 0 Å². The topological polar surface area (TPSA) is 46.6 Å². The van der Waals surface area contributed by atoms with Crippen molar-refractivity contribution in [3.05, 3.63) is 0 Å². The number of rotatable bonds is 2. The maximum atomic E-state index is 12.1. The van der Waals surface area contributed by atoms with Crippen LogP contribution in [0.2, 0.25) is 0 Å². The molecule has 0 aromatic heterocycles. The molecule has 2 atom stereocenters. The average molecular weight is 241 g/mol. The summed E-state index contributed by atoms with van der Waals surface area (Å²) >= 11 is 0. The van der Waals surface area contributed by atoms with E-state index in [0.29, 0.717) is 6.42 Å². The summed E-state index contributed by atoms with van der Waals surface area (Å²) in [5.41, 5.74) is -0.486. The minimum atomic E-state index is -0.486. The Morgan fingerprint density at radius 3 is 2.59 bits per heavy atom. The predicted octanol–water partition coefficient (Wildman–Crippen LogP) is 2.75. The van der Waals surface area contributed by atoms with Crippen molar-refractivity contribution in [3.63, 3.8) is 0 Å². The van der Waals surface area contributed by atoms with Gasteiger partial charge in [0.25, 0.3) is 0 Å². The van der Waals surface area contributed by atoms with Gasteiger partial charge >= 0.3 is 6.09 Å². The summed E-state index contributed by atoms with van der Waals surface area (Å²) in [6.07, 6.45) is 3.94. The van der Waals surface area contributed by atoms with Crippen molar-refractivity contribution in [2.75, 3.05) is 0 Å². The Kier molecular flexibility index (Phi) is 4.54. The number of piperidine rings is 1. The van der Waals surface area contributed by atoms with E-state index in [0.717, 1.165) is 25.5 Å². The highest BCUT2D eigenvalue weighted by molar-refractivity contribution is 5.69. The van der Waals surface area contributed by atoms with Gasteiger partial charge in [0, 0.05) is 18.5 Å². The molecule has 1 fully saturated rings. The molecule has 0 aliphatic carbocycles. The molecule has 0 aromatic carbocycles. The third-order valence-corrected chi connectivity index (χ3v) is 3.00. The first-order chi connectivity index (χ1) is 7.85. The number of aldehydes is 1. The minimum Gasteiger partial charge on any atom is -0.444 e. The van der Waals surface area contributed by atoms with E-state index < -0.39 is 5.60 Å². The molecular formula is C13H23NO3. The van der Waals surface area contributed by atoms with Crippen LogP contribution in [0.3, 0.4) is 0 Å². The monoisotopic (exact) mass is 241 g/mol. The molecule has 1 saturated heterocycles. The van der Waals surface area contributed by atoms with Crippen molar-refractivity contribution in [1.82, 2.24) is 4.90 Å². The lowest BCUT2D eigenvalue weighted by atomic mass is 9.95. The summed E-state index contributed by atoms with van der Waals surface area (Å²) < 4.78 is 5.40. The van der Waals surface area contributed by atoms with E-state index in [1.54, 1.807) is 4.90 Å². The summed E-state index contributed by atoms with van der Waals surface area (Å²) in [4.78, 5) is 24.5. The van der Waals surface area contributed by atoms with Gasteiger partial charge in [0.05, 0.1) is 0 Å². The third-order valence-electron chi connectivity index (χ3n) is 3.00. The first kappa shape index (κ1) is 14.0. The molecule has 17 heavy (non-hydrogen) atoms. The van der Waals surface area contributed by atoms with Crippen LogP contribution in [0.15, 0.2) is 0 Å². The van der Waals surface area contributed by atoms with Crippen LogP contribution in [-0.2, 0) is 9.53 Å². The van der Waals surface area contributed by atoms with Crippen molar-refractivity contribution < 1.29 is 14.3 Å². The first-order valence-corrected chi connectivity index (χ1v) is 6.30. The third kappa shape index (κ3) is 4.02. The smallest absolute Gasteiger partial charge is 0.410 e. The predicted molar refractivity (Wildman–Crippen MR) is 65.9 cm³/mol. The van der Waals surface area contributed by atoms with Crippen molar-refractivity contribution in [2.24, 2.45) is 0 Å². The molecule has 1 aliphatic heterocycles. The van der Waals surface area contributed by atoms with E-state index in [-0.39, 0.29) is 18.2 Å². The van der Waals surface area contributed by atoms with Crippen molar-refractivity contribution in [3.8, 4) is 0 Å². The number of nitrogens with zero attached hydrogens (tertiary/aromatic N) is 1. The fourth-order valence-electron chi connectivity index (χ4n) is 2.27. The van der Waals surface area contributed by atoms with Gasteiger partial charge in [-0.15, -0.1) is 0 Å². The zero-order chi connectivity index (χ0) is 13.1. The molecule has 1 heterocycles. The number of hydrogen-bond donors (Lipinski definition) is 0. The van der Waals surface area contributed by atoms with Crippen LogP contribution in [0.4, 0.5) is 4.79 Å². The maximum Gasteiger partial charge on any atom is 0.410 e. The Hall–Kier alpha value is -1.06. The van der Waals surface area contributed by atoms with Crippen LogP contribution in [0.25, 0.3) is 0 Å². The Bertz CT molecular complexity index is 283. The van der Waals surface area contributed by atoms with E-state index in [9.17, 15) is 9.59 Å². The van der Waals surface area contributed by atoms with Gasteiger partial charge in [0.1, 0.15) is 11.9 Å². The van der Waals surface area contributed by atoms with Gasteiger partial charge in [-0.25, -0.2) is 4.79 Å². The average Bonchev–Trinajstić information content (AvgIpc) is 2.15. The highest BCUT2D eigenvalue weighted by Gasteiger charge is 2.34. The van der Waals surface area contributed by atoms with E-state index in [4.69, 9.17) is 4.74 Å². The second-order valence-corrected chi connectivity index (χ2v) is 5.72. The molecular weight excluding hydrogens is 218 g/mol. The normalized spacial score (nSPS) is 25.5. The van der Waals surface area contributed by atoms with Gasteiger partial charge in [-0.3, -0.25) is 0 Å². The molecule has 4 nitrogen and oxygen atoms in total. The Balaban J connectivity index is 2.74. The molecule has 1 rings (SSSR count). The maximum absolute atomic E-state index is 12.1. The molecule has 1 amide bonds. The molecule has 0 spiro atoms. The lowest BCUT2D eigenvalue weighted by Crippen LogP contribution is -2.50. The Labute approximate surface area is 103 Å². The van der Waals surface area contributed by atoms with E-state index in [1.807, 2.05) is 27.7 Å². The molecule has 0 radical (unpaired) electrons. The SMILES string of the molecule is C[C@H]1CCC[C@H](CC=O)N1C(=O)OC(C)(C)C. The van der Waals surface area contributed by atoms with E-state index in [2.05, 4.69) is 0 Å². The number of carbonyl (C=O) groups excluding carboxylic acids is 2. The standard InChI is InChI=1S/C13H23NO3/c1-10-6-5-7-11(8-9-15)14(10)12(16)17-13(2,3)4/h9-11H,5-8H2,1-4H3/t10-,11+/m0/s1. The van der Waals surface area contributed by atoms with Crippen LogP contribution in [-0.4, -0.2) is 35.0 Å². The molecule has 0 N–H and O–H groups in total. The number of ether oxygens (including phenoxy) is 1. The van der Waals surface area contributed by atoms with Gasteiger partial charge in [-0.05, 0) is 47.0 Å². The van der Waals surface area contributed by atoms with Gasteiger partial charge in [0.15, 0.2) is 0 Å². The van der Waals surface area contributed by atoms with Gasteiger partial charge in [0.2, 0.25) is 0 Å². The number of amides is 1. The van der Waals surface area contributed by atoms with Crippen LogP contribution < -0.4 is 0 Å². The second kappa shape index (κ2) is 5.52. The summed E-state index contributed by atoms with van der Waals surface area (Å²) in [7, 11) is 0. The molecule has 98 valence electrons. The molecule has 0 bridgehead atoms. The Morgan fingerprint density at radius 1 is 1.41 bits per heavy atom. The second-order valence-electron chi connectivity index (χ2n) is 5.72. The highest BCUT2D eigenvalue weighted by atomic mass is 16.6. The van der Waals surface area contributed by atoms with Crippen molar-refractivity contribution >= 4 is 12.4 Å². The highest BCUT2D eigenvalue weighted by Crippen LogP contribution is 2.26. The van der Waals surface area contributed by atoms with Crippen LogP contribution >= 0.6 is 0 Å². The zero-order valence-corrected chi connectivity index (χ0v) is 11.2. The number of likely N-dealkylation sites (tertiary alicyclic amines) is 1. The summed E-state index contributed by atoms with van der Waals surface area (Å²) in [5, 5.41) is 0. The molecule has 4 heteroatoms. The summed E-state index contributed by atoms with van der Waals surface area (Å²) in [6, 6.07) is 0.162. The van der Waals surface area contributed by atoms with Crippen LogP contribution in [0.5, 0.6) is 0 Å². The minimum absolute atomic E-state index is 0.00565. The summed E-state index contributed by atoms with van der Waals surface area (Å²) in [6.45, 7) is 7.58. The van der Waals surface area contributed by atoms with Gasteiger partial charge < -0.3 is 14.4 Å². The van der Waals surface area contributed by atoms with Crippen LogP contribution in [0, 0.1) is 0 Å².